The number of hydrogen-bond donors (Lipinski definition) is 2. The zero-order valence-corrected chi connectivity index (χ0v) is 13.2. The van der Waals surface area contributed by atoms with Gasteiger partial charge in [0.25, 0.3) is 0 Å². The van der Waals surface area contributed by atoms with Gasteiger partial charge in [0.15, 0.2) is 0 Å². The van der Waals surface area contributed by atoms with Gasteiger partial charge in [-0.05, 0) is 51.5 Å². The fourth-order valence-corrected chi connectivity index (χ4v) is 1.69. The van der Waals surface area contributed by atoms with Crippen molar-refractivity contribution in [2.45, 2.75) is 39.2 Å². The van der Waals surface area contributed by atoms with Gasteiger partial charge in [-0.15, -0.1) is 0 Å². The van der Waals surface area contributed by atoms with Crippen LogP contribution in [-0.2, 0) is 9.59 Å². The molecule has 0 unspecified atom stereocenters. The Morgan fingerprint density at radius 3 is 2.18 bits per heavy atom. The van der Waals surface area contributed by atoms with Gasteiger partial charge in [-0.25, -0.2) is 4.79 Å². The molecule has 0 spiro atoms. The molecule has 1 aromatic carbocycles. The van der Waals surface area contributed by atoms with Crippen molar-refractivity contribution in [1.82, 2.24) is 5.32 Å². The topological polar surface area (TPSA) is 84.9 Å². The van der Waals surface area contributed by atoms with E-state index in [2.05, 4.69) is 5.32 Å². The fraction of sp³-hybridized carbons (Fsp3) is 0.500. The molecule has 122 valence electrons. The molecule has 0 saturated heterocycles. The van der Waals surface area contributed by atoms with Crippen LogP contribution in [0.4, 0.5) is 0 Å². The molecule has 0 bridgehead atoms. The highest BCUT2D eigenvalue weighted by atomic mass is 16.5. The molecule has 0 aromatic heterocycles. The van der Waals surface area contributed by atoms with E-state index in [0.717, 1.165) is 5.75 Å². The van der Waals surface area contributed by atoms with Crippen LogP contribution in [0.5, 0.6) is 11.5 Å². The Balaban J connectivity index is 2.27. The van der Waals surface area contributed by atoms with Crippen LogP contribution in [0.3, 0.4) is 0 Å². The second kappa shape index (κ2) is 8.26. The summed E-state index contributed by atoms with van der Waals surface area (Å²) in [5.74, 6) is 0.119. The third kappa shape index (κ3) is 6.03. The Bertz CT molecular complexity index is 496. The summed E-state index contributed by atoms with van der Waals surface area (Å²) in [6.07, 6.45) is 0.725. The number of carboxylic acid groups (broad SMARTS) is 1. The van der Waals surface area contributed by atoms with Crippen LogP contribution in [0.15, 0.2) is 24.3 Å². The van der Waals surface area contributed by atoms with Crippen molar-refractivity contribution in [2.75, 3.05) is 13.2 Å². The fourth-order valence-electron chi connectivity index (χ4n) is 1.69. The minimum absolute atomic E-state index is 0.216. The van der Waals surface area contributed by atoms with E-state index in [0.29, 0.717) is 25.4 Å². The third-order valence-corrected chi connectivity index (χ3v) is 2.94. The van der Waals surface area contributed by atoms with Crippen molar-refractivity contribution in [3.63, 3.8) is 0 Å². The zero-order chi connectivity index (χ0) is 16.6. The lowest BCUT2D eigenvalue weighted by atomic mass is 10.1. The Morgan fingerprint density at radius 1 is 1.14 bits per heavy atom. The minimum atomic E-state index is -1.26. The molecule has 1 rings (SSSR count). The van der Waals surface area contributed by atoms with Crippen molar-refractivity contribution < 1.29 is 24.2 Å². The van der Waals surface area contributed by atoms with E-state index in [-0.39, 0.29) is 12.3 Å². The predicted octanol–water partition coefficient (Wildman–Crippen LogP) is 2.22. The number of aliphatic carboxylic acids is 1. The Kier molecular flexibility index (Phi) is 6.69. The van der Waals surface area contributed by atoms with Gasteiger partial charge in [0.2, 0.25) is 5.91 Å². The average Bonchev–Trinajstić information content (AvgIpc) is 2.45. The summed E-state index contributed by atoms with van der Waals surface area (Å²) in [4.78, 5) is 22.5. The van der Waals surface area contributed by atoms with Crippen molar-refractivity contribution in [3.05, 3.63) is 24.3 Å². The molecule has 1 amide bonds. The van der Waals surface area contributed by atoms with Gasteiger partial charge in [0.1, 0.15) is 17.0 Å². The van der Waals surface area contributed by atoms with E-state index in [1.165, 1.54) is 13.8 Å². The van der Waals surface area contributed by atoms with Gasteiger partial charge in [-0.3, -0.25) is 4.79 Å². The van der Waals surface area contributed by atoms with E-state index in [9.17, 15) is 9.59 Å². The van der Waals surface area contributed by atoms with Crippen LogP contribution >= 0.6 is 0 Å². The van der Waals surface area contributed by atoms with E-state index >= 15 is 0 Å². The third-order valence-electron chi connectivity index (χ3n) is 2.94. The summed E-state index contributed by atoms with van der Waals surface area (Å²) in [5.41, 5.74) is -1.26. The second-order valence-electron chi connectivity index (χ2n) is 5.33. The lowest BCUT2D eigenvalue weighted by Crippen LogP contribution is -2.49. The normalized spacial score (nSPS) is 10.9. The molecule has 22 heavy (non-hydrogen) atoms. The number of hydrogen-bond acceptors (Lipinski definition) is 4. The first-order valence-electron chi connectivity index (χ1n) is 7.25. The highest BCUT2D eigenvalue weighted by molar-refractivity contribution is 5.86. The maximum Gasteiger partial charge on any atom is 0.328 e. The van der Waals surface area contributed by atoms with Crippen molar-refractivity contribution >= 4 is 11.9 Å². The molecule has 0 atom stereocenters. The van der Waals surface area contributed by atoms with Crippen molar-refractivity contribution in [3.8, 4) is 11.5 Å². The lowest BCUT2D eigenvalue weighted by molar-refractivity contribution is -0.146. The van der Waals surface area contributed by atoms with Crippen LogP contribution < -0.4 is 14.8 Å². The SMILES string of the molecule is CCOc1ccc(OCCCC(=O)NC(C)(C)C(=O)O)cc1. The molecule has 6 nitrogen and oxygen atoms in total. The number of carbonyl (C=O) groups excluding carboxylic acids is 1. The number of ether oxygens (including phenoxy) is 2. The molecule has 2 N–H and O–H groups in total. The summed E-state index contributed by atoms with van der Waals surface area (Å²) in [6.45, 7) is 5.81. The van der Waals surface area contributed by atoms with Crippen LogP contribution in [-0.4, -0.2) is 35.7 Å². The molecule has 0 aliphatic carbocycles. The maximum absolute atomic E-state index is 11.6. The van der Waals surface area contributed by atoms with E-state index in [1.54, 1.807) is 12.1 Å². The molecular formula is C16H23NO5. The summed E-state index contributed by atoms with van der Waals surface area (Å²) in [5, 5.41) is 11.4. The Labute approximate surface area is 130 Å². The number of benzene rings is 1. The quantitative estimate of drug-likeness (QED) is 0.683. The minimum Gasteiger partial charge on any atom is -0.494 e. The summed E-state index contributed by atoms with van der Waals surface area (Å²) < 4.78 is 10.8. The first-order chi connectivity index (χ1) is 10.3. The summed E-state index contributed by atoms with van der Waals surface area (Å²) >= 11 is 0. The smallest absolute Gasteiger partial charge is 0.328 e. The van der Waals surface area contributed by atoms with Gasteiger partial charge < -0.3 is 19.9 Å². The van der Waals surface area contributed by atoms with E-state index < -0.39 is 11.5 Å². The molecular weight excluding hydrogens is 286 g/mol. The zero-order valence-electron chi connectivity index (χ0n) is 13.2. The number of amides is 1. The highest BCUT2D eigenvalue weighted by Gasteiger charge is 2.28. The van der Waals surface area contributed by atoms with Crippen LogP contribution in [0.25, 0.3) is 0 Å². The van der Waals surface area contributed by atoms with Gasteiger partial charge in [0, 0.05) is 6.42 Å². The maximum atomic E-state index is 11.6. The van der Waals surface area contributed by atoms with Gasteiger partial charge in [0.05, 0.1) is 13.2 Å². The second-order valence-corrected chi connectivity index (χ2v) is 5.33. The number of rotatable bonds is 9. The van der Waals surface area contributed by atoms with Gasteiger partial charge >= 0.3 is 5.97 Å². The number of carboxylic acids is 1. The van der Waals surface area contributed by atoms with Crippen molar-refractivity contribution in [1.29, 1.82) is 0 Å². The summed E-state index contributed by atoms with van der Waals surface area (Å²) in [7, 11) is 0. The molecule has 0 saturated carbocycles. The molecule has 0 radical (unpaired) electrons. The summed E-state index contributed by atoms with van der Waals surface area (Å²) in [6, 6.07) is 7.25. The number of nitrogens with one attached hydrogen (secondary N) is 1. The standard InChI is InChI=1S/C16H23NO5/c1-4-21-12-7-9-13(10-8-12)22-11-5-6-14(18)17-16(2,3)15(19)20/h7-10H,4-6,11H2,1-3H3,(H,17,18)(H,19,20). The van der Waals surface area contributed by atoms with Crippen LogP contribution in [0.2, 0.25) is 0 Å². The van der Waals surface area contributed by atoms with Crippen LogP contribution in [0.1, 0.15) is 33.6 Å². The largest absolute Gasteiger partial charge is 0.494 e. The molecule has 1 aromatic rings. The average molecular weight is 309 g/mol. The first-order valence-corrected chi connectivity index (χ1v) is 7.25. The monoisotopic (exact) mass is 309 g/mol. The first kappa shape index (κ1) is 17.8. The molecule has 6 heteroatoms. The Morgan fingerprint density at radius 2 is 1.68 bits per heavy atom. The molecule has 0 aliphatic heterocycles. The van der Waals surface area contributed by atoms with Gasteiger partial charge in [-0.2, -0.15) is 0 Å². The van der Waals surface area contributed by atoms with Crippen molar-refractivity contribution in [2.24, 2.45) is 0 Å². The van der Waals surface area contributed by atoms with E-state index in [4.69, 9.17) is 14.6 Å². The van der Waals surface area contributed by atoms with Gasteiger partial charge in [-0.1, -0.05) is 0 Å². The Hall–Kier alpha value is -2.24. The molecule has 0 fully saturated rings. The lowest BCUT2D eigenvalue weighted by Gasteiger charge is -2.20. The number of carbonyl (C=O) groups is 2. The molecule has 0 aliphatic rings. The molecule has 0 heterocycles. The van der Waals surface area contributed by atoms with E-state index in [1.807, 2.05) is 19.1 Å². The van der Waals surface area contributed by atoms with Crippen LogP contribution in [0, 0.1) is 0 Å². The highest BCUT2D eigenvalue weighted by Crippen LogP contribution is 2.17. The predicted molar refractivity (Wildman–Crippen MR) is 82.2 cm³/mol.